The molecule has 2 aromatic heterocycles. The van der Waals surface area contributed by atoms with E-state index < -0.39 is 0 Å². The molecular weight excluding hydrogens is 548 g/mol. The van der Waals surface area contributed by atoms with E-state index in [1.165, 1.54) is 39.0 Å². The molecule has 1 unspecified atom stereocenters. The topological polar surface area (TPSA) is 34.0 Å². The fraction of sp³-hybridized carbons (Fsp3) is 0.122. The van der Waals surface area contributed by atoms with Gasteiger partial charge in [-0.1, -0.05) is 115 Å². The second-order valence-electron chi connectivity index (χ2n) is 11.9. The molecule has 1 aliphatic heterocycles. The van der Waals surface area contributed by atoms with Crippen LogP contribution >= 0.6 is 0 Å². The number of benzene rings is 5. The zero-order valence-corrected chi connectivity index (χ0v) is 25.6. The largest absolute Gasteiger partial charge is 0.312 e. The molecule has 1 atom stereocenters. The number of fused-ring (bicyclic) bond motifs is 3. The Bertz CT molecular complexity index is 2110. The highest BCUT2D eigenvalue weighted by Crippen LogP contribution is 2.39. The van der Waals surface area contributed by atoms with Crippen molar-refractivity contribution in [3.05, 3.63) is 151 Å². The summed E-state index contributed by atoms with van der Waals surface area (Å²) < 4.78 is 2.46. The van der Waals surface area contributed by atoms with Crippen LogP contribution in [0, 0.1) is 0 Å². The third-order valence-electron chi connectivity index (χ3n) is 9.26. The Hall–Kier alpha value is -5.32. The molecule has 0 radical (unpaired) electrons. The first kappa shape index (κ1) is 27.2. The number of aromatic nitrogens is 3. The molecule has 0 fully saturated rings. The van der Waals surface area contributed by atoms with Crippen LogP contribution in [-0.2, 0) is 6.42 Å². The summed E-state index contributed by atoms with van der Waals surface area (Å²) in [5, 5.41) is 1.36. The van der Waals surface area contributed by atoms with Crippen molar-refractivity contribution in [2.45, 2.75) is 19.4 Å². The second-order valence-corrected chi connectivity index (χ2v) is 11.9. The summed E-state index contributed by atoms with van der Waals surface area (Å²) in [6.07, 6.45) is 1.07. The summed E-state index contributed by atoms with van der Waals surface area (Å²) in [4.78, 5) is 12.6. The van der Waals surface area contributed by atoms with E-state index in [4.69, 9.17) is 9.97 Å². The van der Waals surface area contributed by atoms with Crippen LogP contribution in [0.3, 0.4) is 0 Å². The number of rotatable bonds is 5. The van der Waals surface area contributed by atoms with Crippen LogP contribution in [0.1, 0.15) is 24.2 Å². The lowest BCUT2D eigenvalue weighted by atomic mass is 9.98. The van der Waals surface area contributed by atoms with Crippen molar-refractivity contribution in [2.75, 3.05) is 13.6 Å². The highest BCUT2D eigenvalue weighted by molar-refractivity contribution is 5.88. The highest BCUT2D eigenvalue weighted by Gasteiger charge is 2.28. The van der Waals surface area contributed by atoms with Gasteiger partial charge in [0.1, 0.15) is 0 Å². The van der Waals surface area contributed by atoms with E-state index in [2.05, 4.69) is 139 Å². The van der Waals surface area contributed by atoms with E-state index in [9.17, 15) is 0 Å². The maximum atomic E-state index is 5.07. The lowest BCUT2D eigenvalue weighted by molar-refractivity contribution is 0.241. The van der Waals surface area contributed by atoms with Crippen LogP contribution in [-0.4, -0.2) is 33.0 Å². The van der Waals surface area contributed by atoms with Gasteiger partial charge in [0.15, 0.2) is 5.82 Å². The number of likely N-dealkylation sites (N-methyl/N-ethyl adjacent to an activating group) is 1. The van der Waals surface area contributed by atoms with E-state index in [-0.39, 0.29) is 0 Å². The summed E-state index contributed by atoms with van der Waals surface area (Å²) in [6, 6.07) is 49.5. The van der Waals surface area contributed by atoms with Gasteiger partial charge >= 0.3 is 0 Å². The van der Waals surface area contributed by atoms with Gasteiger partial charge in [-0.25, -0.2) is 9.97 Å². The third-order valence-corrected chi connectivity index (χ3v) is 9.26. The van der Waals surface area contributed by atoms with Gasteiger partial charge in [-0.05, 0) is 61.3 Å². The van der Waals surface area contributed by atoms with Gasteiger partial charge in [0.25, 0.3) is 0 Å². The lowest BCUT2D eigenvalue weighted by Crippen LogP contribution is -2.31. The Morgan fingerprint density at radius 2 is 1.11 bits per heavy atom. The van der Waals surface area contributed by atoms with Crippen molar-refractivity contribution in [2.24, 2.45) is 0 Å². The van der Waals surface area contributed by atoms with Crippen LogP contribution in [0.15, 0.2) is 140 Å². The predicted molar refractivity (Wildman–Crippen MR) is 185 cm³/mol. The molecule has 0 saturated heterocycles. The third kappa shape index (κ3) is 4.94. The fourth-order valence-corrected chi connectivity index (χ4v) is 6.70. The minimum atomic E-state index is 0.340. The normalized spacial score (nSPS) is 14.8. The molecule has 4 nitrogen and oxygen atoms in total. The molecule has 0 N–H and O–H groups in total. The summed E-state index contributed by atoms with van der Waals surface area (Å²) in [6.45, 7) is 3.40. The van der Waals surface area contributed by atoms with Crippen molar-refractivity contribution in [3.8, 4) is 50.7 Å². The standard InChI is InChI=1S/C41H34N4/c1-28-40-36(25-26-44(28)2)35-15-9-10-16-39(35)45(40)34-23-21-32(22-24-34)38-27-37(42-41(43-38)33-13-7-4-8-14-33)31-19-17-30(18-20-31)29-11-5-3-6-12-29/h3-24,27-28H,25-26H2,1-2H3. The molecule has 8 rings (SSSR count). The van der Waals surface area contributed by atoms with Gasteiger partial charge in [-0.2, -0.15) is 0 Å². The lowest BCUT2D eigenvalue weighted by Gasteiger charge is -2.31. The first-order chi connectivity index (χ1) is 22.1. The number of hydrogen-bond donors (Lipinski definition) is 0. The van der Waals surface area contributed by atoms with Gasteiger partial charge in [-0.15, -0.1) is 0 Å². The average Bonchev–Trinajstić information content (AvgIpc) is 3.45. The minimum Gasteiger partial charge on any atom is -0.312 e. The Morgan fingerprint density at radius 1 is 0.578 bits per heavy atom. The van der Waals surface area contributed by atoms with Crippen LogP contribution in [0.2, 0.25) is 0 Å². The summed E-state index contributed by atoms with van der Waals surface area (Å²) >= 11 is 0. The molecule has 0 amide bonds. The Morgan fingerprint density at radius 3 is 1.78 bits per heavy atom. The molecule has 7 aromatic rings. The number of para-hydroxylation sites is 1. The maximum absolute atomic E-state index is 5.07. The molecule has 45 heavy (non-hydrogen) atoms. The number of nitrogens with zero attached hydrogens (tertiary/aromatic N) is 4. The molecule has 0 saturated carbocycles. The van der Waals surface area contributed by atoms with Crippen LogP contribution < -0.4 is 0 Å². The second kappa shape index (κ2) is 11.3. The van der Waals surface area contributed by atoms with E-state index >= 15 is 0 Å². The van der Waals surface area contributed by atoms with Gasteiger partial charge in [0.05, 0.1) is 16.9 Å². The first-order valence-electron chi connectivity index (χ1n) is 15.7. The highest BCUT2D eigenvalue weighted by atomic mass is 15.2. The van der Waals surface area contributed by atoms with Crippen molar-refractivity contribution in [1.29, 1.82) is 0 Å². The Labute approximate surface area is 264 Å². The van der Waals surface area contributed by atoms with Gasteiger partial charge < -0.3 is 4.57 Å². The smallest absolute Gasteiger partial charge is 0.160 e. The van der Waals surface area contributed by atoms with Gasteiger partial charge in [0, 0.05) is 46.0 Å². The van der Waals surface area contributed by atoms with E-state index in [1.807, 2.05) is 24.3 Å². The first-order valence-corrected chi connectivity index (χ1v) is 15.7. The van der Waals surface area contributed by atoms with Crippen LogP contribution in [0.25, 0.3) is 61.6 Å². The van der Waals surface area contributed by atoms with Crippen LogP contribution in [0.4, 0.5) is 0 Å². The fourth-order valence-electron chi connectivity index (χ4n) is 6.70. The van der Waals surface area contributed by atoms with E-state index in [0.29, 0.717) is 6.04 Å². The molecule has 218 valence electrons. The maximum Gasteiger partial charge on any atom is 0.160 e. The Kier molecular flexibility index (Phi) is 6.85. The van der Waals surface area contributed by atoms with Crippen molar-refractivity contribution in [1.82, 2.24) is 19.4 Å². The van der Waals surface area contributed by atoms with Gasteiger partial charge in [0.2, 0.25) is 0 Å². The zero-order chi connectivity index (χ0) is 30.3. The molecule has 0 spiro atoms. The van der Waals surface area contributed by atoms with E-state index in [0.717, 1.165) is 46.9 Å². The quantitative estimate of drug-likeness (QED) is 0.203. The van der Waals surface area contributed by atoms with Gasteiger partial charge in [-0.3, -0.25) is 4.90 Å². The van der Waals surface area contributed by atoms with Crippen LogP contribution in [0.5, 0.6) is 0 Å². The molecule has 0 aliphatic carbocycles. The Balaban J connectivity index is 1.21. The summed E-state index contributed by atoms with van der Waals surface area (Å²) in [5.41, 5.74) is 12.7. The molecular formula is C41H34N4. The number of hydrogen-bond acceptors (Lipinski definition) is 3. The molecule has 4 heteroatoms. The average molecular weight is 583 g/mol. The summed E-state index contributed by atoms with van der Waals surface area (Å²) in [7, 11) is 2.23. The summed E-state index contributed by atoms with van der Waals surface area (Å²) in [5.74, 6) is 0.724. The van der Waals surface area contributed by atoms with Crippen molar-refractivity contribution < 1.29 is 0 Å². The van der Waals surface area contributed by atoms with Crippen molar-refractivity contribution in [3.63, 3.8) is 0 Å². The predicted octanol–water partition coefficient (Wildman–Crippen LogP) is 9.64. The molecule has 3 heterocycles. The SMILES string of the molecule is CC1c2c(c3ccccc3n2-c2ccc(-c3cc(-c4ccc(-c5ccccc5)cc4)nc(-c4ccccc4)n3)cc2)CCN1C. The molecule has 5 aromatic carbocycles. The monoisotopic (exact) mass is 582 g/mol. The minimum absolute atomic E-state index is 0.340. The van der Waals surface area contributed by atoms with Crippen molar-refractivity contribution >= 4 is 10.9 Å². The molecule has 0 bridgehead atoms. The van der Waals surface area contributed by atoms with E-state index in [1.54, 1.807) is 0 Å². The zero-order valence-electron chi connectivity index (χ0n) is 25.6. The molecule has 1 aliphatic rings.